The van der Waals surface area contributed by atoms with Crippen molar-refractivity contribution in [2.45, 2.75) is 24.7 Å². The number of hydrogen-bond acceptors (Lipinski definition) is 4. The van der Waals surface area contributed by atoms with Gasteiger partial charge in [-0.3, -0.25) is 0 Å². The van der Waals surface area contributed by atoms with Gasteiger partial charge in [-0.05, 0) is 92.0 Å². The van der Waals surface area contributed by atoms with Gasteiger partial charge in [-0.1, -0.05) is 97.1 Å². The Morgan fingerprint density at radius 2 is 0.594 bits per heavy atom. The summed E-state index contributed by atoms with van der Waals surface area (Å²) in [6.45, 7) is 0. The highest BCUT2D eigenvalue weighted by molar-refractivity contribution is 6.18. The van der Waals surface area contributed by atoms with Crippen molar-refractivity contribution in [3.8, 4) is 66.8 Å². The zero-order valence-corrected chi connectivity index (χ0v) is 32.1. The molecular formula is C48H24F12N2O2. The van der Waals surface area contributed by atoms with Crippen LogP contribution < -0.4 is 0 Å². The lowest BCUT2D eigenvalue weighted by atomic mass is 9.88. The van der Waals surface area contributed by atoms with E-state index in [1.165, 1.54) is 37.1 Å². The highest BCUT2D eigenvalue weighted by Gasteiger charge is 2.38. The predicted octanol–water partition coefficient (Wildman–Crippen LogP) is 16.0. The summed E-state index contributed by atoms with van der Waals surface area (Å²) in [5.41, 5.74) is -0.581. The Bertz CT molecular complexity index is 2880. The molecule has 322 valence electrons. The van der Waals surface area contributed by atoms with Gasteiger partial charge >= 0.3 is 24.7 Å². The van der Waals surface area contributed by atoms with Crippen molar-refractivity contribution in [1.82, 2.24) is 9.97 Å². The molecule has 0 aliphatic carbocycles. The largest absolute Gasteiger partial charge is 0.443 e. The quantitative estimate of drug-likeness (QED) is 0.156. The lowest BCUT2D eigenvalue weighted by Crippen LogP contribution is -2.11. The molecule has 4 nitrogen and oxygen atoms in total. The Kier molecular flexibility index (Phi) is 9.95. The minimum atomic E-state index is -5.02. The number of alkyl halides is 12. The number of oxazole rings is 2. The molecule has 2 heterocycles. The van der Waals surface area contributed by atoms with Gasteiger partial charge in [0.05, 0.1) is 33.4 Å². The Balaban J connectivity index is 1.12. The monoisotopic (exact) mass is 888 g/mol. The average molecular weight is 889 g/mol. The first-order chi connectivity index (χ1) is 30.3. The maximum Gasteiger partial charge on any atom is 0.416 e. The number of nitrogens with zero attached hydrogens (tertiary/aromatic N) is 2. The van der Waals surface area contributed by atoms with Gasteiger partial charge in [0.1, 0.15) is 11.0 Å². The van der Waals surface area contributed by atoms with Crippen molar-refractivity contribution in [2.24, 2.45) is 0 Å². The van der Waals surface area contributed by atoms with Gasteiger partial charge in [0, 0.05) is 0 Å². The van der Waals surface area contributed by atoms with Crippen molar-refractivity contribution < 1.29 is 61.5 Å². The SMILES string of the molecule is FC(F)(F)c1cc(-c2ccc(-c3ccccc3-c3c4ncoc4c(-c4ccccc4-c4ccc(-c5cc(C(F)(F)F)cc(C(F)(F)F)c5)cc4)c4ncoc34)cc2)cc(C(F)(F)F)c1. The number of rotatable bonds is 6. The molecule has 0 aliphatic heterocycles. The molecule has 0 spiro atoms. The van der Waals surface area contributed by atoms with Crippen LogP contribution in [0.2, 0.25) is 0 Å². The first-order valence-corrected chi connectivity index (χ1v) is 18.9. The summed E-state index contributed by atoms with van der Waals surface area (Å²) in [7, 11) is 0. The van der Waals surface area contributed by atoms with Gasteiger partial charge in [-0.25, -0.2) is 9.97 Å². The molecule has 0 bridgehead atoms. The fourth-order valence-electron chi connectivity index (χ4n) is 7.75. The van der Waals surface area contributed by atoms with E-state index in [9.17, 15) is 52.7 Å². The highest BCUT2D eigenvalue weighted by atomic mass is 19.4. The lowest BCUT2D eigenvalue weighted by molar-refractivity contribution is -0.144. The molecular weight excluding hydrogens is 865 g/mol. The van der Waals surface area contributed by atoms with Gasteiger partial charge in [-0.2, -0.15) is 52.7 Å². The molecule has 0 aliphatic rings. The van der Waals surface area contributed by atoms with E-state index in [2.05, 4.69) is 9.97 Å². The van der Waals surface area contributed by atoms with E-state index in [4.69, 9.17) is 8.83 Å². The van der Waals surface area contributed by atoms with Gasteiger partial charge in [-0.15, -0.1) is 0 Å². The highest BCUT2D eigenvalue weighted by Crippen LogP contribution is 2.48. The van der Waals surface area contributed by atoms with Gasteiger partial charge in [0.15, 0.2) is 24.0 Å². The van der Waals surface area contributed by atoms with E-state index in [-0.39, 0.29) is 45.6 Å². The molecule has 9 aromatic rings. The molecule has 0 fully saturated rings. The molecule has 0 unspecified atom stereocenters. The second-order valence-electron chi connectivity index (χ2n) is 14.6. The van der Waals surface area contributed by atoms with Crippen LogP contribution in [0.5, 0.6) is 0 Å². The van der Waals surface area contributed by atoms with Crippen LogP contribution in [0.25, 0.3) is 89.0 Å². The van der Waals surface area contributed by atoms with Crippen molar-refractivity contribution in [1.29, 1.82) is 0 Å². The smallest absolute Gasteiger partial charge is 0.416 e. The standard InChI is InChI=1S/C48H24F12N2O2/c49-45(50,51)31-17-29(18-32(21-31)46(52,53)54)25-9-13-27(14-10-25)35-5-1-3-7-37(35)39-41-44(64-23-61-41)40(42-43(39)63-24-62-42)38-8-4-2-6-36(38)28-15-11-26(12-16-28)30-19-33(47(55,56)57)22-34(20-30)48(58,59)60/h1-24H. The third-order valence-electron chi connectivity index (χ3n) is 10.7. The minimum absolute atomic E-state index is 0.0674. The van der Waals surface area contributed by atoms with E-state index < -0.39 is 47.0 Å². The summed E-state index contributed by atoms with van der Waals surface area (Å²) in [5.74, 6) is 0. The Morgan fingerprint density at radius 1 is 0.312 bits per heavy atom. The van der Waals surface area contributed by atoms with E-state index >= 15 is 0 Å². The molecule has 9 rings (SSSR count). The molecule has 7 aromatic carbocycles. The van der Waals surface area contributed by atoms with Gasteiger partial charge in [0.2, 0.25) is 0 Å². The number of aromatic nitrogens is 2. The van der Waals surface area contributed by atoms with Crippen LogP contribution in [-0.2, 0) is 24.7 Å². The van der Waals surface area contributed by atoms with Crippen LogP contribution in [0, 0.1) is 0 Å². The van der Waals surface area contributed by atoms with Crippen LogP contribution in [-0.4, -0.2) is 9.97 Å². The second kappa shape index (κ2) is 15.2. The topological polar surface area (TPSA) is 52.1 Å². The van der Waals surface area contributed by atoms with Crippen LogP contribution in [0.3, 0.4) is 0 Å². The fourth-order valence-corrected chi connectivity index (χ4v) is 7.75. The third-order valence-corrected chi connectivity index (χ3v) is 10.7. The van der Waals surface area contributed by atoms with E-state index in [0.29, 0.717) is 79.8 Å². The Morgan fingerprint density at radius 3 is 0.891 bits per heavy atom. The number of hydrogen-bond donors (Lipinski definition) is 0. The summed E-state index contributed by atoms with van der Waals surface area (Å²) >= 11 is 0. The fraction of sp³-hybridized carbons (Fsp3) is 0.0833. The first-order valence-electron chi connectivity index (χ1n) is 18.9. The van der Waals surface area contributed by atoms with Crippen LogP contribution >= 0.6 is 0 Å². The molecule has 0 radical (unpaired) electrons. The summed E-state index contributed by atoms with van der Waals surface area (Å²) in [6.07, 6.45) is -17.6. The summed E-state index contributed by atoms with van der Waals surface area (Å²) in [4.78, 5) is 9.11. The maximum atomic E-state index is 13.6. The predicted molar refractivity (Wildman–Crippen MR) is 214 cm³/mol. The molecule has 2 aromatic heterocycles. The molecule has 0 amide bonds. The first kappa shape index (κ1) is 42.0. The summed E-state index contributed by atoms with van der Waals surface area (Å²) < 4.78 is 176. The lowest BCUT2D eigenvalue weighted by Gasteiger charge is -2.16. The zero-order chi connectivity index (χ0) is 45.3. The number of benzene rings is 7. The van der Waals surface area contributed by atoms with Crippen molar-refractivity contribution in [3.05, 3.63) is 169 Å². The van der Waals surface area contributed by atoms with E-state index in [0.717, 1.165) is 0 Å². The maximum absolute atomic E-state index is 13.6. The number of fused-ring (bicyclic) bond motifs is 2. The zero-order valence-electron chi connectivity index (χ0n) is 32.1. The van der Waals surface area contributed by atoms with Crippen molar-refractivity contribution >= 4 is 22.2 Å². The van der Waals surface area contributed by atoms with Crippen molar-refractivity contribution in [2.75, 3.05) is 0 Å². The summed E-state index contributed by atoms with van der Waals surface area (Å²) in [6, 6.07) is 28.8. The average Bonchev–Trinajstić information content (AvgIpc) is 3.95. The van der Waals surface area contributed by atoms with Crippen LogP contribution in [0.1, 0.15) is 22.3 Å². The minimum Gasteiger partial charge on any atom is -0.443 e. The van der Waals surface area contributed by atoms with Gasteiger partial charge in [0.25, 0.3) is 0 Å². The molecule has 0 atom stereocenters. The summed E-state index contributed by atoms with van der Waals surface area (Å²) in [5, 5.41) is 0. The van der Waals surface area contributed by atoms with Crippen molar-refractivity contribution in [3.63, 3.8) is 0 Å². The van der Waals surface area contributed by atoms with Crippen LogP contribution in [0.4, 0.5) is 52.7 Å². The Labute approximate surface area is 353 Å². The normalized spacial score (nSPS) is 12.7. The Hall–Kier alpha value is -7.36. The second-order valence-corrected chi connectivity index (χ2v) is 14.6. The molecule has 64 heavy (non-hydrogen) atoms. The molecule has 0 saturated heterocycles. The third kappa shape index (κ3) is 7.73. The number of halogens is 12. The van der Waals surface area contributed by atoms with Crippen LogP contribution in [0.15, 0.2) is 155 Å². The molecule has 0 N–H and O–H groups in total. The molecule has 16 heteroatoms. The van der Waals surface area contributed by atoms with Gasteiger partial charge < -0.3 is 8.83 Å². The molecule has 0 saturated carbocycles. The van der Waals surface area contributed by atoms with E-state index in [1.807, 2.05) is 0 Å². The van der Waals surface area contributed by atoms with E-state index in [1.54, 1.807) is 72.8 Å².